The van der Waals surface area contributed by atoms with Crippen LogP contribution >= 0.6 is 0 Å². The Morgan fingerprint density at radius 3 is 2.91 bits per heavy atom. The van der Waals surface area contributed by atoms with Crippen LogP contribution in [0, 0.1) is 23.2 Å². The van der Waals surface area contributed by atoms with Gasteiger partial charge in [0.05, 0.1) is 7.11 Å². The first-order chi connectivity index (χ1) is 10.5. The first-order valence-corrected chi connectivity index (χ1v) is 8.44. The van der Waals surface area contributed by atoms with Crippen molar-refractivity contribution in [3.63, 3.8) is 0 Å². The molecular weight excluding hydrogens is 272 g/mol. The number of methoxy groups -OCH3 is 1. The molecule has 0 aromatic heterocycles. The molecule has 0 amide bonds. The second-order valence-corrected chi connectivity index (χ2v) is 7.64. The first-order valence-electron chi connectivity index (χ1n) is 8.44. The molecule has 3 aliphatic rings. The number of rotatable bonds is 1. The van der Waals surface area contributed by atoms with Crippen LogP contribution < -0.4 is 4.74 Å². The number of allylic oxidation sites excluding steroid dienone is 2. The third-order valence-electron chi connectivity index (χ3n) is 6.56. The number of ether oxygens (including phenoxy) is 1. The van der Waals surface area contributed by atoms with Crippen LogP contribution in [-0.2, 0) is 11.2 Å². The van der Waals surface area contributed by atoms with E-state index in [4.69, 9.17) is 4.74 Å². The number of benzene rings is 1. The SMILES string of the molecule is COc1ccc2c(c1)C[C@@H](C)[C@@H]1[C@@H]2CC[C@]2(C)C(=O)C=C[C@H]12. The molecule has 1 aromatic rings. The summed E-state index contributed by atoms with van der Waals surface area (Å²) in [4.78, 5) is 12.3. The van der Waals surface area contributed by atoms with E-state index < -0.39 is 0 Å². The van der Waals surface area contributed by atoms with Gasteiger partial charge >= 0.3 is 0 Å². The highest BCUT2D eigenvalue weighted by Gasteiger charge is 2.54. The van der Waals surface area contributed by atoms with Crippen LogP contribution in [0.15, 0.2) is 30.4 Å². The highest BCUT2D eigenvalue weighted by Crippen LogP contribution is 2.59. The minimum atomic E-state index is -0.139. The van der Waals surface area contributed by atoms with Gasteiger partial charge in [0, 0.05) is 5.41 Å². The van der Waals surface area contributed by atoms with E-state index in [1.807, 2.05) is 6.08 Å². The van der Waals surface area contributed by atoms with E-state index in [2.05, 4.69) is 38.1 Å². The van der Waals surface area contributed by atoms with Crippen LogP contribution in [0.5, 0.6) is 5.75 Å². The van der Waals surface area contributed by atoms with E-state index in [1.54, 1.807) is 7.11 Å². The molecule has 0 saturated heterocycles. The number of ketones is 1. The molecule has 1 saturated carbocycles. The Balaban J connectivity index is 1.76. The van der Waals surface area contributed by atoms with Gasteiger partial charge in [-0.3, -0.25) is 4.79 Å². The van der Waals surface area contributed by atoms with Crippen molar-refractivity contribution in [1.29, 1.82) is 0 Å². The Labute approximate surface area is 132 Å². The molecule has 1 aromatic carbocycles. The van der Waals surface area contributed by atoms with Gasteiger partial charge in [0.25, 0.3) is 0 Å². The van der Waals surface area contributed by atoms with Gasteiger partial charge in [-0.25, -0.2) is 0 Å². The Morgan fingerprint density at radius 2 is 2.14 bits per heavy atom. The summed E-state index contributed by atoms with van der Waals surface area (Å²) in [7, 11) is 1.73. The lowest BCUT2D eigenvalue weighted by atomic mass is 9.53. The summed E-state index contributed by atoms with van der Waals surface area (Å²) in [5.41, 5.74) is 2.81. The summed E-state index contributed by atoms with van der Waals surface area (Å²) in [5.74, 6) is 3.54. The molecule has 5 atom stereocenters. The summed E-state index contributed by atoms with van der Waals surface area (Å²) in [5, 5.41) is 0. The molecular formula is C20H24O2. The molecule has 116 valence electrons. The monoisotopic (exact) mass is 296 g/mol. The standard InChI is InChI=1S/C20H24O2/c1-12-10-13-11-14(22-3)4-5-15(13)16-8-9-20(2)17(19(12)16)6-7-18(20)21/h4-7,11-12,16-17,19H,8-10H2,1-3H3/t12-,16-,17-,19-,20+/m1/s1. The Kier molecular flexibility index (Phi) is 3.01. The van der Waals surface area contributed by atoms with Gasteiger partial charge in [-0.2, -0.15) is 0 Å². The average Bonchev–Trinajstić information content (AvgIpc) is 2.82. The van der Waals surface area contributed by atoms with E-state index in [9.17, 15) is 4.79 Å². The maximum absolute atomic E-state index is 12.3. The molecule has 0 heterocycles. The van der Waals surface area contributed by atoms with Crippen LogP contribution in [0.1, 0.15) is 43.7 Å². The van der Waals surface area contributed by atoms with E-state index in [-0.39, 0.29) is 5.41 Å². The van der Waals surface area contributed by atoms with Gasteiger partial charge in [-0.1, -0.05) is 26.0 Å². The molecule has 0 bridgehead atoms. The predicted octanol–water partition coefficient (Wildman–Crippen LogP) is 4.14. The number of fused-ring (bicyclic) bond motifs is 5. The third-order valence-corrected chi connectivity index (χ3v) is 6.56. The maximum atomic E-state index is 12.3. The van der Waals surface area contributed by atoms with Crippen molar-refractivity contribution in [1.82, 2.24) is 0 Å². The van der Waals surface area contributed by atoms with Crippen molar-refractivity contribution in [3.05, 3.63) is 41.5 Å². The Hall–Kier alpha value is -1.57. The topological polar surface area (TPSA) is 26.3 Å². The lowest BCUT2D eigenvalue weighted by Gasteiger charge is -2.50. The van der Waals surface area contributed by atoms with E-state index in [0.29, 0.717) is 29.5 Å². The molecule has 0 spiro atoms. The molecule has 3 aliphatic carbocycles. The van der Waals surface area contributed by atoms with Gasteiger partial charge in [0.1, 0.15) is 5.75 Å². The molecule has 0 unspecified atom stereocenters. The van der Waals surface area contributed by atoms with Gasteiger partial charge < -0.3 is 4.74 Å². The van der Waals surface area contributed by atoms with Crippen LogP contribution in [0.3, 0.4) is 0 Å². The highest BCUT2D eigenvalue weighted by atomic mass is 16.5. The van der Waals surface area contributed by atoms with Gasteiger partial charge in [0.15, 0.2) is 5.78 Å². The van der Waals surface area contributed by atoms with E-state index in [0.717, 1.165) is 25.0 Å². The number of carbonyl (C=O) groups is 1. The van der Waals surface area contributed by atoms with Crippen LogP contribution in [0.4, 0.5) is 0 Å². The zero-order valence-electron chi connectivity index (χ0n) is 13.6. The molecule has 2 heteroatoms. The van der Waals surface area contributed by atoms with Crippen molar-refractivity contribution in [2.75, 3.05) is 7.11 Å². The van der Waals surface area contributed by atoms with Crippen LogP contribution in [0.2, 0.25) is 0 Å². The largest absolute Gasteiger partial charge is 0.497 e. The molecule has 0 N–H and O–H groups in total. The smallest absolute Gasteiger partial charge is 0.161 e. The lowest BCUT2D eigenvalue weighted by Crippen LogP contribution is -2.45. The normalized spacial score (nSPS) is 39.1. The quantitative estimate of drug-likeness (QED) is 0.778. The molecule has 1 fully saturated rings. The molecule has 0 radical (unpaired) electrons. The summed E-state index contributed by atoms with van der Waals surface area (Å²) in [6.45, 7) is 4.55. The fourth-order valence-electron chi connectivity index (χ4n) is 5.34. The van der Waals surface area contributed by atoms with Crippen molar-refractivity contribution in [2.24, 2.45) is 23.2 Å². The second kappa shape index (κ2) is 4.71. The number of hydrogen-bond acceptors (Lipinski definition) is 2. The number of carbonyl (C=O) groups excluding carboxylic acids is 1. The summed E-state index contributed by atoms with van der Waals surface area (Å²) < 4.78 is 5.40. The van der Waals surface area contributed by atoms with Crippen molar-refractivity contribution < 1.29 is 9.53 Å². The average molecular weight is 296 g/mol. The van der Waals surface area contributed by atoms with Crippen molar-refractivity contribution in [3.8, 4) is 5.75 Å². The molecule has 2 nitrogen and oxygen atoms in total. The zero-order valence-corrected chi connectivity index (χ0v) is 13.6. The van der Waals surface area contributed by atoms with Crippen LogP contribution in [0.25, 0.3) is 0 Å². The zero-order chi connectivity index (χ0) is 15.5. The van der Waals surface area contributed by atoms with E-state index in [1.165, 1.54) is 11.1 Å². The predicted molar refractivity (Wildman–Crippen MR) is 87.1 cm³/mol. The van der Waals surface area contributed by atoms with Crippen molar-refractivity contribution >= 4 is 5.78 Å². The molecule has 4 rings (SSSR count). The Morgan fingerprint density at radius 1 is 1.32 bits per heavy atom. The summed E-state index contributed by atoms with van der Waals surface area (Å²) in [6.07, 6.45) is 7.31. The van der Waals surface area contributed by atoms with Gasteiger partial charge in [-0.15, -0.1) is 0 Å². The van der Waals surface area contributed by atoms with E-state index >= 15 is 0 Å². The summed E-state index contributed by atoms with van der Waals surface area (Å²) in [6, 6.07) is 6.57. The highest BCUT2D eigenvalue weighted by molar-refractivity contribution is 5.97. The fourth-order valence-corrected chi connectivity index (χ4v) is 5.34. The minimum absolute atomic E-state index is 0.139. The van der Waals surface area contributed by atoms with Crippen LogP contribution in [-0.4, -0.2) is 12.9 Å². The molecule has 0 aliphatic heterocycles. The summed E-state index contributed by atoms with van der Waals surface area (Å²) >= 11 is 0. The minimum Gasteiger partial charge on any atom is -0.497 e. The van der Waals surface area contributed by atoms with Crippen molar-refractivity contribution in [2.45, 2.75) is 39.0 Å². The second-order valence-electron chi connectivity index (χ2n) is 7.64. The first kappa shape index (κ1) is 14.0. The fraction of sp³-hybridized carbons (Fsp3) is 0.550. The Bertz CT molecular complexity index is 660. The van der Waals surface area contributed by atoms with Gasteiger partial charge in [-0.05, 0) is 72.3 Å². The maximum Gasteiger partial charge on any atom is 0.161 e. The van der Waals surface area contributed by atoms with Gasteiger partial charge in [0.2, 0.25) is 0 Å². The lowest BCUT2D eigenvalue weighted by molar-refractivity contribution is -0.127. The third kappa shape index (κ3) is 1.76. The number of hydrogen-bond donors (Lipinski definition) is 0. The molecule has 22 heavy (non-hydrogen) atoms.